The van der Waals surface area contributed by atoms with Gasteiger partial charge in [0.15, 0.2) is 5.75 Å². The number of pyridine rings is 1. The van der Waals surface area contributed by atoms with Gasteiger partial charge in [-0.3, -0.25) is 15.1 Å². The lowest BCUT2D eigenvalue weighted by Crippen LogP contribution is -2.03. The van der Waals surface area contributed by atoms with Gasteiger partial charge in [-0.2, -0.15) is 4.39 Å². The highest BCUT2D eigenvalue weighted by molar-refractivity contribution is 5.90. The van der Waals surface area contributed by atoms with Gasteiger partial charge >= 0.3 is 11.7 Å². The van der Waals surface area contributed by atoms with Crippen LogP contribution in [0.1, 0.15) is 10.4 Å². The molecule has 2 aromatic rings. The highest BCUT2D eigenvalue weighted by atomic mass is 19.1. The van der Waals surface area contributed by atoms with Crippen LogP contribution in [-0.2, 0) is 0 Å². The fourth-order valence-electron chi connectivity index (χ4n) is 1.55. The van der Waals surface area contributed by atoms with Crippen LogP contribution < -0.4 is 4.74 Å². The van der Waals surface area contributed by atoms with Gasteiger partial charge in [-0.15, -0.1) is 0 Å². The van der Waals surface area contributed by atoms with E-state index in [1.54, 1.807) is 0 Å². The lowest BCUT2D eigenvalue weighted by molar-refractivity contribution is -0.388. The Labute approximate surface area is 115 Å². The molecule has 1 aromatic carbocycles. The average molecular weight is 296 g/mol. The van der Waals surface area contributed by atoms with E-state index < -0.39 is 34.0 Å². The molecule has 21 heavy (non-hydrogen) atoms. The predicted molar refractivity (Wildman–Crippen MR) is 64.3 cm³/mol. The second-order valence-corrected chi connectivity index (χ2v) is 3.77. The molecule has 1 heterocycles. The molecule has 0 aliphatic heterocycles. The first-order valence-electron chi connectivity index (χ1n) is 5.38. The van der Waals surface area contributed by atoms with E-state index in [0.29, 0.717) is 12.1 Å². The van der Waals surface area contributed by atoms with Crippen molar-refractivity contribution in [3.05, 3.63) is 57.9 Å². The monoisotopic (exact) mass is 296 g/mol. The molecule has 0 saturated carbocycles. The molecule has 0 bridgehead atoms. The van der Waals surface area contributed by atoms with E-state index in [2.05, 4.69) is 4.98 Å². The number of halogens is 2. The second-order valence-electron chi connectivity index (χ2n) is 3.77. The number of hydrogen-bond acceptors (Lipinski definition) is 5. The van der Waals surface area contributed by atoms with Gasteiger partial charge in [0.05, 0.1) is 11.1 Å². The third-order valence-electron chi connectivity index (χ3n) is 2.41. The number of rotatable bonds is 4. The number of benzene rings is 1. The molecule has 1 aromatic heterocycles. The average Bonchev–Trinajstić information content (AvgIpc) is 2.37. The topological polar surface area (TPSA) is 103 Å². The maximum Gasteiger partial charge on any atom is 0.347 e. The third kappa shape index (κ3) is 2.91. The van der Waals surface area contributed by atoms with Crippen molar-refractivity contribution in [2.75, 3.05) is 0 Å². The Hall–Kier alpha value is -3.10. The Kier molecular flexibility index (Phi) is 3.74. The van der Waals surface area contributed by atoms with E-state index in [0.717, 1.165) is 18.5 Å². The highest BCUT2D eigenvalue weighted by Crippen LogP contribution is 2.35. The standard InChI is InChI=1S/C12H6F2N2O5/c13-6-3-8(14)11(16(19)20)9(4-6)21-10-5-15-2-1-7(10)12(17)18/h1-5H,(H,17,18). The van der Waals surface area contributed by atoms with Gasteiger partial charge < -0.3 is 9.84 Å². The van der Waals surface area contributed by atoms with Gasteiger partial charge in [-0.1, -0.05) is 0 Å². The minimum Gasteiger partial charge on any atom is -0.478 e. The summed E-state index contributed by atoms with van der Waals surface area (Å²) in [5.41, 5.74) is -1.46. The first-order chi connectivity index (χ1) is 9.90. The maximum atomic E-state index is 13.4. The fraction of sp³-hybridized carbons (Fsp3) is 0. The number of ether oxygens (including phenoxy) is 1. The van der Waals surface area contributed by atoms with E-state index in [4.69, 9.17) is 9.84 Å². The number of carbonyl (C=O) groups is 1. The Morgan fingerprint density at radius 1 is 1.33 bits per heavy atom. The van der Waals surface area contributed by atoms with Crippen molar-refractivity contribution < 1.29 is 28.3 Å². The van der Waals surface area contributed by atoms with E-state index in [1.807, 2.05) is 0 Å². The third-order valence-corrected chi connectivity index (χ3v) is 2.41. The van der Waals surface area contributed by atoms with Crippen molar-refractivity contribution in [3.8, 4) is 11.5 Å². The van der Waals surface area contributed by atoms with Crippen molar-refractivity contribution in [2.24, 2.45) is 0 Å². The van der Waals surface area contributed by atoms with Gasteiger partial charge in [0.2, 0.25) is 11.6 Å². The smallest absolute Gasteiger partial charge is 0.347 e. The summed E-state index contributed by atoms with van der Waals surface area (Å²) in [5.74, 6) is -5.05. The molecule has 0 unspecified atom stereocenters. The molecule has 0 amide bonds. The SMILES string of the molecule is O=C(O)c1ccncc1Oc1cc(F)cc(F)c1[N+](=O)[O-]. The first-order valence-corrected chi connectivity index (χ1v) is 5.38. The van der Waals surface area contributed by atoms with Gasteiger partial charge in [0.1, 0.15) is 11.4 Å². The molecule has 0 aliphatic rings. The van der Waals surface area contributed by atoms with E-state index >= 15 is 0 Å². The summed E-state index contributed by atoms with van der Waals surface area (Å²) in [6.45, 7) is 0. The normalized spacial score (nSPS) is 10.2. The zero-order valence-corrected chi connectivity index (χ0v) is 10.1. The molecule has 0 aliphatic carbocycles. The van der Waals surface area contributed by atoms with Crippen molar-refractivity contribution in [1.29, 1.82) is 0 Å². The van der Waals surface area contributed by atoms with Crippen LogP contribution in [0.3, 0.4) is 0 Å². The van der Waals surface area contributed by atoms with Gasteiger partial charge in [0.25, 0.3) is 0 Å². The number of aromatic carboxylic acids is 1. The molecule has 1 N–H and O–H groups in total. The highest BCUT2D eigenvalue weighted by Gasteiger charge is 2.25. The Morgan fingerprint density at radius 3 is 2.67 bits per heavy atom. The molecule has 0 spiro atoms. The van der Waals surface area contributed by atoms with Gasteiger partial charge in [0, 0.05) is 18.3 Å². The van der Waals surface area contributed by atoms with Crippen molar-refractivity contribution in [2.45, 2.75) is 0 Å². The molecule has 0 fully saturated rings. The fourth-order valence-corrected chi connectivity index (χ4v) is 1.55. The van der Waals surface area contributed by atoms with Crippen LogP contribution in [0.5, 0.6) is 11.5 Å². The molecular formula is C12H6F2N2O5. The van der Waals surface area contributed by atoms with E-state index in [1.165, 1.54) is 0 Å². The first kappa shape index (κ1) is 14.3. The lowest BCUT2D eigenvalue weighted by Gasteiger charge is -2.08. The summed E-state index contributed by atoms with van der Waals surface area (Å²) in [5, 5.41) is 19.7. The molecular weight excluding hydrogens is 290 g/mol. The molecule has 9 heteroatoms. The molecule has 0 saturated heterocycles. The largest absolute Gasteiger partial charge is 0.478 e. The van der Waals surface area contributed by atoms with Crippen molar-refractivity contribution >= 4 is 11.7 Å². The summed E-state index contributed by atoms with van der Waals surface area (Å²) >= 11 is 0. The number of nitro benzene ring substituents is 1. The van der Waals surface area contributed by atoms with Crippen LogP contribution in [0, 0.1) is 21.7 Å². The molecule has 0 atom stereocenters. The minimum atomic E-state index is -1.43. The number of aromatic nitrogens is 1. The minimum absolute atomic E-state index is 0.326. The Morgan fingerprint density at radius 2 is 2.05 bits per heavy atom. The van der Waals surface area contributed by atoms with Gasteiger partial charge in [-0.25, -0.2) is 9.18 Å². The van der Waals surface area contributed by atoms with Crippen LogP contribution in [-0.4, -0.2) is 21.0 Å². The van der Waals surface area contributed by atoms with E-state index in [9.17, 15) is 23.7 Å². The Balaban J connectivity index is 2.54. The van der Waals surface area contributed by atoms with Crippen LogP contribution in [0.25, 0.3) is 0 Å². The second kappa shape index (κ2) is 5.49. The van der Waals surface area contributed by atoms with Crippen LogP contribution in [0.2, 0.25) is 0 Å². The molecule has 7 nitrogen and oxygen atoms in total. The Bertz CT molecular complexity index is 736. The predicted octanol–water partition coefficient (Wildman–Crippen LogP) is 2.76. The molecule has 2 rings (SSSR count). The summed E-state index contributed by atoms with van der Waals surface area (Å²) in [6.07, 6.45) is 2.13. The summed E-state index contributed by atoms with van der Waals surface area (Å²) < 4.78 is 31.5. The quantitative estimate of drug-likeness (QED) is 0.687. The molecule has 108 valence electrons. The number of carboxylic acids is 1. The number of nitrogens with zero attached hydrogens (tertiary/aromatic N) is 2. The summed E-state index contributed by atoms with van der Waals surface area (Å²) in [7, 11) is 0. The number of hydrogen-bond donors (Lipinski definition) is 1. The van der Waals surface area contributed by atoms with Gasteiger partial charge in [-0.05, 0) is 6.07 Å². The van der Waals surface area contributed by atoms with Crippen LogP contribution in [0.4, 0.5) is 14.5 Å². The number of nitro groups is 1. The maximum absolute atomic E-state index is 13.4. The van der Waals surface area contributed by atoms with Crippen LogP contribution in [0.15, 0.2) is 30.6 Å². The van der Waals surface area contributed by atoms with E-state index in [-0.39, 0.29) is 11.3 Å². The lowest BCUT2D eigenvalue weighted by atomic mass is 10.2. The van der Waals surface area contributed by atoms with Crippen molar-refractivity contribution in [1.82, 2.24) is 4.98 Å². The molecule has 0 radical (unpaired) electrons. The zero-order valence-electron chi connectivity index (χ0n) is 10.1. The summed E-state index contributed by atoms with van der Waals surface area (Å²) in [6, 6.07) is 1.99. The summed E-state index contributed by atoms with van der Waals surface area (Å²) in [4.78, 5) is 24.3. The number of carboxylic acid groups (broad SMARTS) is 1. The zero-order chi connectivity index (χ0) is 15.6. The van der Waals surface area contributed by atoms with Crippen molar-refractivity contribution in [3.63, 3.8) is 0 Å². The van der Waals surface area contributed by atoms with Crippen LogP contribution >= 0.6 is 0 Å².